The fourth-order valence-corrected chi connectivity index (χ4v) is 5.03. The zero-order chi connectivity index (χ0) is 25.1. The lowest BCUT2D eigenvalue weighted by Crippen LogP contribution is -2.17. The van der Waals surface area contributed by atoms with Gasteiger partial charge in [-0.15, -0.1) is 0 Å². The normalized spacial score (nSPS) is 16.8. The van der Waals surface area contributed by atoms with E-state index in [9.17, 15) is 8.78 Å². The number of benzene rings is 3. The predicted octanol–water partition coefficient (Wildman–Crippen LogP) is 9.28. The molecule has 0 saturated heterocycles. The van der Waals surface area contributed by atoms with Gasteiger partial charge in [0.05, 0.1) is 0 Å². The Morgan fingerprint density at radius 1 is 0.600 bits per heavy atom. The van der Waals surface area contributed by atoms with E-state index in [2.05, 4.69) is 6.92 Å². The zero-order valence-electron chi connectivity index (χ0n) is 20.2. The molecule has 0 saturated carbocycles. The lowest BCUT2D eigenvalue weighted by atomic mass is 9.80. The molecule has 5 heteroatoms. The van der Waals surface area contributed by atoms with E-state index in [-0.39, 0.29) is 46.5 Å². The molecule has 1 aliphatic carbocycles. The van der Waals surface area contributed by atoms with Gasteiger partial charge in [0.2, 0.25) is 0 Å². The van der Waals surface area contributed by atoms with Gasteiger partial charge in [-0.1, -0.05) is 69.5 Å². The van der Waals surface area contributed by atoms with Crippen molar-refractivity contribution in [2.24, 2.45) is 0 Å². The molecule has 3 aromatic rings. The van der Waals surface area contributed by atoms with E-state index in [0.29, 0.717) is 24.0 Å². The van der Waals surface area contributed by atoms with Crippen molar-refractivity contribution in [1.29, 1.82) is 0 Å². The van der Waals surface area contributed by atoms with Crippen LogP contribution in [-0.2, 0) is 25.7 Å². The molecule has 2 atom stereocenters. The Bertz CT molecular complexity index is 1200. The highest BCUT2D eigenvalue weighted by Gasteiger charge is 2.39. The van der Waals surface area contributed by atoms with E-state index in [1.807, 2.05) is 13.0 Å². The van der Waals surface area contributed by atoms with Crippen LogP contribution in [0.4, 0.5) is 22.0 Å². The van der Waals surface area contributed by atoms with E-state index in [1.165, 1.54) is 18.2 Å². The van der Waals surface area contributed by atoms with Crippen LogP contribution in [0.1, 0.15) is 85.3 Å². The van der Waals surface area contributed by atoms with Gasteiger partial charge >= 0.3 is 0 Å². The summed E-state index contributed by atoms with van der Waals surface area (Å²) in [6, 6.07) is 11.3. The Kier molecular flexibility index (Phi) is 7.93. The maximum atomic E-state index is 15.4. The first-order valence-electron chi connectivity index (χ1n) is 12.6. The second kappa shape index (κ2) is 10.9. The summed E-state index contributed by atoms with van der Waals surface area (Å²) in [5.41, 5.74) is 1.57. The lowest BCUT2D eigenvalue weighted by molar-refractivity contribution is 0.160. The second-order valence-electron chi connectivity index (χ2n) is 9.44. The van der Waals surface area contributed by atoms with Crippen LogP contribution in [0.5, 0.6) is 0 Å². The fourth-order valence-electron chi connectivity index (χ4n) is 5.03. The smallest absolute Gasteiger partial charge is 0.164 e. The van der Waals surface area contributed by atoms with E-state index in [4.69, 9.17) is 0 Å². The number of hydrogen-bond donors (Lipinski definition) is 0. The number of alkyl halides is 2. The van der Waals surface area contributed by atoms with Gasteiger partial charge in [-0.05, 0) is 71.6 Å². The summed E-state index contributed by atoms with van der Waals surface area (Å²) < 4.78 is 75.2. The van der Waals surface area contributed by atoms with Crippen molar-refractivity contribution >= 4 is 0 Å². The number of fused-ring (bicyclic) bond motifs is 3. The van der Waals surface area contributed by atoms with Crippen LogP contribution in [0.15, 0.2) is 42.5 Å². The minimum atomic E-state index is -2.30. The molecule has 0 nitrogen and oxygen atoms in total. The molecule has 0 spiro atoms. The summed E-state index contributed by atoms with van der Waals surface area (Å²) in [5, 5.41) is 0. The van der Waals surface area contributed by atoms with Gasteiger partial charge in [0.1, 0.15) is 17.5 Å². The van der Waals surface area contributed by atoms with Crippen molar-refractivity contribution in [3.63, 3.8) is 0 Å². The summed E-state index contributed by atoms with van der Waals surface area (Å²) >= 11 is 0. The van der Waals surface area contributed by atoms with Crippen LogP contribution in [0.25, 0.3) is 11.1 Å². The third kappa shape index (κ3) is 5.00. The molecule has 0 aromatic heterocycles. The first kappa shape index (κ1) is 25.4. The van der Waals surface area contributed by atoms with Gasteiger partial charge in [0.25, 0.3) is 0 Å². The Morgan fingerprint density at radius 2 is 1.14 bits per heavy atom. The molecular weight excluding hydrogens is 455 g/mol. The molecule has 0 amide bonds. The Morgan fingerprint density at radius 3 is 1.69 bits per heavy atom. The van der Waals surface area contributed by atoms with Crippen LogP contribution < -0.4 is 0 Å². The van der Waals surface area contributed by atoms with Crippen molar-refractivity contribution in [2.75, 3.05) is 0 Å². The molecule has 0 heterocycles. The third-order valence-electron chi connectivity index (χ3n) is 6.99. The molecule has 186 valence electrons. The van der Waals surface area contributed by atoms with Crippen LogP contribution >= 0.6 is 0 Å². The van der Waals surface area contributed by atoms with Crippen molar-refractivity contribution in [2.45, 2.75) is 77.6 Å². The summed E-state index contributed by atoms with van der Waals surface area (Å²) in [6.07, 6.45) is 0.881. The SMILES string of the molecule is CCCCCc1ccc(CCc2ccc3c(c2F)C(F)C(F)c2c-3ccc(CCC)c2F)c(F)c1. The van der Waals surface area contributed by atoms with Crippen molar-refractivity contribution < 1.29 is 22.0 Å². The number of unbranched alkanes of at least 4 members (excludes halogenated alkanes) is 2. The minimum Gasteiger partial charge on any atom is -0.239 e. The van der Waals surface area contributed by atoms with Crippen LogP contribution in [0.2, 0.25) is 0 Å². The maximum Gasteiger partial charge on any atom is 0.164 e. The molecule has 0 fully saturated rings. The van der Waals surface area contributed by atoms with Crippen LogP contribution in [0, 0.1) is 17.5 Å². The second-order valence-corrected chi connectivity index (χ2v) is 9.44. The average molecular weight is 487 g/mol. The van der Waals surface area contributed by atoms with E-state index < -0.39 is 24.0 Å². The highest BCUT2D eigenvalue weighted by molar-refractivity contribution is 5.76. The standard InChI is InChI=1S/C30H31F5/c1-3-5-6-8-18-9-10-19(24(31)17-18)11-12-21-14-16-23-22-15-13-20(7-4-2)27(32)25(22)29(34)30(35)26(23)28(21)33/h9-10,13-17,29-30H,3-8,11-12H2,1-2H3. The van der Waals surface area contributed by atoms with Crippen molar-refractivity contribution in [3.05, 3.63) is 93.3 Å². The number of halogens is 5. The third-order valence-corrected chi connectivity index (χ3v) is 6.99. The fraction of sp³-hybridized carbons (Fsp3) is 0.400. The molecule has 3 aromatic carbocycles. The number of aryl methyl sites for hydroxylation is 4. The van der Waals surface area contributed by atoms with Gasteiger partial charge in [-0.2, -0.15) is 0 Å². The summed E-state index contributed by atoms with van der Waals surface area (Å²) in [6.45, 7) is 3.99. The molecular formula is C30H31F5. The van der Waals surface area contributed by atoms with Crippen LogP contribution in [-0.4, -0.2) is 0 Å². The van der Waals surface area contributed by atoms with Crippen molar-refractivity contribution in [1.82, 2.24) is 0 Å². The topological polar surface area (TPSA) is 0 Å². The molecule has 0 N–H and O–H groups in total. The van der Waals surface area contributed by atoms with Gasteiger partial charge in [0, 0.05) is 11.1 Å². The Balaban J connectivity index is 1.59. The highest BCUT2D eigenvalue weighted by atomic mass is 19.2. The van der Waals surface area contributed by atoms with Gasteiger partial charge < -0.3 is 0 Å². The van der Waals surface area contributed by atoms with Gasteiger partial charge in [-0.25, -0.2) is 22.0 Å². The monoisotopic (exact) mass is 486 g/mol. The maximum absolute atomic E-state index is 15.4. The molecule has 0 bridgehead atoms. The molecule has 2 unspecified atom stereocenters. The number of hydrogen-bond acceptors (Lipinski definition) is 0. The Hall–Kier alpha value is -2.69. The summed E-state index contributed by atoms with van der Waals surface area (Å²) in [5.74, 6) is -1.92. The van der Waals surface area contributed by atoms with Crippen molar-refractivity contribution in [3.8, 4) is 11.1 Å². The van der Waals surface area contributed by atoms with E-state index in [1.54, 1.807) is 18.2 Å². The Labute approximate surface area is 204 Å². The van der Waals surface area contributed by atoms with E-state index in [0.717, 1.165) is 31.2 Å². The lowest BCUT2D eigenvalue weighted by Gasteiger charge is -2.28. The summed E-state index contributed by atoms with van der Waals surface area (Å²) in [7, 11) is 0. The molecule has 4 rings (SSSR count). The zero-order valence-corrected chi connectivity index (χ0v) is 20.2. The first-order chi connectivity index (χ1) is 16.9. The molecule has 35 heavy (non-hydrogen) atoms. The quantitative estimate of drug-likeness (QED) is 0.209. The largest absolute Gasteiger partial charge is 0.239 e. The first-order valence-corrected chi connectivity index (χ1v) is 12.6. The predicted molar refractivity (Wildman–Crippen MR) is 131 cm³/mol. The molecule has 0 aliphatic heterocycles. The van der Waals surface area contributed by atoms with Gasteiger partial charge in [-0.3, -0.25) is 0 Å². The van der Waals surface area contributed by atoms with Crippen LogP contribution in [0.3, 0.4) is 0 Å². The summed E-state index contributed by atoms with van der Waals surface area (Å²) in [4.78, 5) is 0. The van der Waals surface area contributed by atoms with E-state index >= 15 is 13.2 Å². The van der Waals surface area contributed by atoms with Gasteiger partial charge in [0.15, 0.2) is 12.3 Å². The molecule has 0 radical (unpaired) electrons. The average Bonchev–Trinajstić information content (AvgIpc) is 2.84. The minimum absolute atomic E-state index is 0.144. The number of rotatable bonds is 9. The molecule has 1 aliphatic rings. The highest BCUT2D eigenvalue weighted by Crippen LogP contribution is 2.51.